The number of ether oxygens (including phenoxy) is 1. The van der Waals surface area contributed by atoms with E-state index in [2.05, 4.69) is 33.1 Å². The fourth-order valence-electron chi connectivity index (χ4n) is 1.42. The second-order valence-electron chi connectivity index (χ2n) is 2.86. The normalized spacial score (nSPS) is 29.5. The third-order valence-electron chi connectivity index (χ3n) is 2.11. The first kappa shape index (κ1) is 8.59. The van der Waals surface area contributed by atoms with Crippen molar-refractivity contribution in [1.82, 2.24) is 10.2 Å². The zero-order valence-corrected chi connectivity index (χ0v) is 9.06. The summed E-state index contributed by atoms with van der Waals surface area (Å²) < 4.78 is 6.31. The van der Waals surface area contributed by atoms with Gasteiger partial charge in [0.15, 0.2) is 3.92 Å². The Kier molecular flexibility index (Phi) is 2.43. The molecule has 3 nitrogen and oxygen atoms in total. The summed E-state index contributed by atoms with van der Waals surface area (Å²) in [6.07, 6.45) is 1.37. The largest absolute Gasteiger partial charge is 0.378 e. The lowest BCUT2D eigenvalue weighted by Gasteiger charge is -2.08. The Morgan fingerprint density at radius 1 is 1.58 bits per heavy atom. The summed E-state index contributed by atoms with van der Waals surface area (Å²) in [5.74, 6) is 0.453. The van der Waals surface area contributed by atoms with E-state index in [0.717, 1.165) is 22.0 Å². The number of hydrogen-bond acceptors (Lipinski definition) is 4. The molecule has 0 radical (unpaired) electrons. The molecule has 1 aromatic heterocycles. The molecule has 1 aliphatic heterocycles. The van der Waals surface area contributed by atoms with Gasteiger partial charge < -0.3 is 4.74 Å². The summed E-state index contributed by atoms with van der Waals surface area (Å²) in [7, 11) is 0. The highest BCUT2D eigenvalue weighted by Gasteiger charge is 2.28. The van der Waals surface area contributed by atoms with Crippen LogP contribution in [0.2, 0.25) is 0 Å². The Bertz CT molecular complexity index is 278. The quantitative estimate of drug-likeness (QED) is 0.765. The number of hydrogen-bond donors (Lipinski definition) is 0. The summed E-state index contributed by atoms with van der Waals surface area (Å²) in [5, 5.41) is 9.10. The van der Waals surface area contributed by atoms with Gasteiger partial charge >= 0.3 is 0 Å². The minimum Gasteiger partial charge on any atom is -0.378 e. The maximum Gasteiger partial charge on any atom is 0.183 e. The van der Waals surface area contributed by atoms with Gasteiger partial charge in [0, 0.05) is 12.5 Å². The lowest BCUT2D eigenvalue weighted by atomic mass is 10.0. The van der Waals surface area contributed by atoms with Gasteiger partial charge in [-0.25, -0.2) is 0 Å². The Balaban J connectivity index is 2.19. The van der Waals surface area contributed by atoms with Crippen molar-refractivity contribution < 1.29 is 4.74 Å². The highest BCUT2D eigenvalue weighted by molar-refractivity contribution is 9.11. The summed E-state index contributed by atoms with van der Waals surface area (Å²) in [6, 6.07) is 0. The first-order chi connectivity index (χ1) is 5.77. The highest BCUT2D eigenvalue weighted by Crippen LogP contribution is 2.33. The lowest BCUT2D eigenvalue weighted by molar-refractivity contribution is 0.118. The Hall–Kier alpha value is -0.0000000000000000833. The van der Waals surface area contributed by atoms with Gasteiger partial charge in [-0.15, -0.1) is 10.2 Å². The maximum absolute atomic E-state index is 5.45. The van der Waals surface area contributed by atoms with Crippen LogP contribution in [0.4, 0.5) is 0 Å². The smallest absolute Gasteiger partial charge is 0.183 e. The van der Waals surface area contributed by atoms with Gasteiger partial charge in [-0.1, -0.05) is 11.3 Å². The van der Waals surface area contributed by atoms with Crippen molar-refractivity contribution >= 4 is 27.3 Å². The lowest BCUT2D eigenvalue weighted by Crippen LogP contribution is -2.08. The summed E-state index contributed by atoms with van der Waals surface area (Å²) in [6.45, 7) is 2.94. The van der Waals surface area contributed by atoms with Crippen LogP contribution in [0, 0.1) is 0 Å². The first-order valence-corrected chi connectivity index (χ1v) is 5.49. The average molecular weight is 249 g/mol. The van der Waals surface area contributed by atoms with Crippen LogP contribution in [0.3, 0.4) is 0 Å². The van der Waals surface area contributed by atoms with Crippen LogP contribution in [0.25, 0.3) is 0 Å². The minimum atomic E-state index is 0.296. The molecule has 2 rings (SSSR count). The van der Waals surface area contributed by atoms with Crippen molar-refractivity contribution in [3.63, 3.8) is 0 Å². The summed E-state index contributed by atoms with van der Waals surface area (Å²) in [5.41, 5.74) is 0. The average Bonchev–Trinajstić information content (AvgIpc) is 2.58. The molecule has 0 aromatic carbocycles. The molecule has 0 N–H and O–H groups in total. The van der Waals surface area contributed by atoms with E-state index >= 15 is 0 Å². The molecule has 12 heavy (non-hydrogen) atoms. The number of rotatable bonds is 1. The molecule has 1 aliphatic rings. The standard InChI is InChI=1S/C7H9BrN2OS/c1-4-5(2-3-11-4)6-9-10-7(8)12-6/h4-5H,2-3H2,1H3. The minimum absolute atomic E-state index is 0.296. The molecule has 2 unspecified atom stereocenters. The van der Waals surface area contributed by atoms with Crippen molar-refractivity contribution in [2.45, 2.75) is 25.4 Å². The van der Waals surface area contributed by atoms with Crippen LogP contribution in [0.5, 0.6) is 0 Å². The molecule has 2 atom stereocenters. The Labute approximate surface area is 83.3 Å². The predicted octanol–water partition coefficient (Wildman–Crippen LogP) is 2.19. The van der Waals surface area contributed by atoms with Crippen molar-refractivity contribution in [3.8, 4) is 0 Å². The molecule has 1 aromatic rings. The van der Waals surface area contributed by atoms with Gasteiger partial charge in [-0.05, 0) is 29.3 Å². The predicted molar refractivity (Wildman–Crippen MR) is 50.4 cm³/mol. The molecular weight excluding hydrogens is 240 g/mol. The molecule has 1 saturated heterocycles. The van der Waals surface area contributed by atoms with E-state index < -0.39 is 0 Å². The maximum atomic E-state index is 5.45. The second kappa shape index (κ2) is 3.40. The zero-order valence-electron chi connectivity index (χ0n) is 6.66. The van der Waals surface area contributed by atoms with Gasteiger partial charge in [-0.2, -0.15) is 0 Å². The van der Waals surface area contributed by atoms with Gasteiger partial charge in [0.2, 0.25) is 0 Å². The fourth-order valence-corrected chi connectivity index (χ4v) is 2.80. The van der Waals surface area contributed by atoms with Crippen LogP contribution in [0.1, 0.15) is 24.3 Å². The molecule has 5 heteroatoms. The van der Waals surface area contributed by atoms with Crippen molar-refractivity contribution in [1.29, 1.82) is 0 Å². The molecule has 0 spiro atoms. The van der Waals surface area contributed by atoms with E-state index in [0.29, 0.717) is 12.0 Å². The highest BCUT2D eigenvalue weighted by atomic mass is 79.9. The SMILES string of the molecule is CC1OCCC1c1nnc(Br)s1. The zero-order chi connectivity index (χ0) is 8.55. The molecule has 0 aliphatic carbocycles. The van der Waals surface area contributed by atoms with Crippen molar-refractivity contribution in [3.05, 3.63) is 8.92 Å². The molecule has 1 fully saturated rings. The van der Waals surface area contributed by atoms with E-state index in [4.69, 9.17) is 4.74 Å². The molecular formula is C7H9BrN2OS. The second-order valence-corrected chi connectivity index (χ2v) is 5.15. The van der Waals surface area contributed by atoms with Gasteiger partial charge in [-0.3, -0.25) is 0 Å². The fraction of sp³-hybridized carbons (Fsp3) is 0.714. The van der Waals surface area contributed by atoms with E-state index in [1.807, 2.05) is 0 Å². The summed E-state index contributed by atoms with van der Waals surface area (Å²) in [4.78, 5) is 0. The van der Waals surface area contributed by atoms with Crippen LogP contribution in [-0.2, 0) is 4.74 Å². The van der Waals surface area contributed by atoms with Crippen molar-refractivity contribution in [2.24, 2.45) is 0 Å². The molecule has 0 amide bonds. The molecule has 66 valence electrons. The van der Waals surface area contributed by atoms with Gasteiger partial charge in [0.25, 0.3) is 0 Å². The van der Waals surface area contributed by atoms with Crippen LogP contribution < -0.4 is 0 Å². The topological polar surface area (TPSA) is 35.0 Å². The number of nitrogens with zero attached hydrogens (tertiary/aromatic N) is 2. The van der Waals surface area contributed by atoms with Crippen LogP contribution >= 0.6 is 27.3 Å². The molecule has 0 saturated carbocycles. The van der Waals surface area contributed by atoms with Gasteiger partial charge in [0.05, 0.1) is 6.10 Å². The van der Waals surface area contributed by atoms with Crippen LogP contribution in [0.15, 0.2) is 3.92 Å². The third-order valence-corrected chi connectivity index (χ3v) is 3.60. The summed E-state index contributed by atoms with van der Waals surface area (Å²) >= 11 is 4.91. The van der Waals surface area contributed by atoms with E-state index in [1.165, 1.54) is 0 Å². The number of aromatic nitrogens is 2. The van der Waals surface area contributed by atoms with E-state index in [9.17, 15) is 0 Å². The monoisotopic (exact) mass is 248 g/mol. The molecule has 0 bridgehead atoms. The number of halogens is 1. The Morgan fingerprint density at radius 3 is 2.92 bits per heavy atom. The van der Waals surface area contributed by atoms with E-state index in [-0.39, 0.29) is 0 Å². The Morgan fingerprint density at radius 2 is 2.42 bits per heavy atom. The van der Waals surface area contributed by atoms with Crippen LogP contribution in [-0.4, -0.2) is 22.9 Å². The van der Waals surface area contributed by atoms with Gasteiger partial charge in [0.1, 0.15) is 5.01 Å². The first-order valence-electron chi connectivity index (χ1n) is 3.88. The van der Waals surface area contributed by atoms with Crippen molar-refractivity contribution in [2.75, 3.05) is 6.61 Å². The molecule has 2 heterocycles. The third kappa shape index (κ3) is 1.53. The van der Waals surface area contributed by atoms with E-state index in [1.54, 1.807) is 11.3 Å².